The van der Waals surface area contributed by atoms with Crippen LogP contribution in [0.25, 0.3) is 0 Å². The highest BCUT2D eigenvalue weighted by atomic mass is 35.5. The van der Waals surface area contributed by atoms with Crippen molar-refractivity contribution in [2.75, 3.05) is 19.3 Å². The van der Waals surface area contributed by atoms with Gasteiger partial charge >= 0.3 is 0 Å². The number of halogens is 1. The number of aromatic nitrogens is 2. The second kappa shape index (κ2) is 5.82. The number of rotatable bonds is 5. The van der Waals surface area contributed by atoms with E-state index in [1.54, 1.807) is 11.1 Å². The van der Waals surface area contributed by atoms with Crippen LogP contribution in [0.15, 0.2) is 12.4 Å². The molecule has 2 atom stereocenters. The van der Waals surface area contributed by atoms with Gasteiger partial charge in [0, 0.05) is 25.3 Å². The van der Waals surface area contributed by atoms with Crippen molar-refractivity contribution in [3.8, 4) is 0 Å². The Labute approximate surface area is 134 Å². The predicted molar refractivity (Wildman–Crippen MR) is 81.8 cm³/mol. The third kappa shape index (κ3) is 3.80. The Morgan fingerprint density at radius 3 is 2.73 bits per heavy atom. The van der Waals surface area contributed by atoms with Crippen molar-refractivity contribution < 1.29 is 13.2 Å². The maximum absolute atomic E-state index is 12.4. The molecule has 1 aliphatic carbocycles. The summed E-state index contributed by atoms with van der Waals surface area (Å²) in [4.78, 5) is 14.1. The molecule has 1 aromatic heterocycles. The molecule has 0 bridgehead atoms. The summed E-state index contributed by atoms with van der Waals surface area (Å²) in [6.07, 6.45) is 6.47. The van der Waals surface area contributed by atoms with E-state index < -0.39 is 10.0 Å². The van der Waals surface area contributed by atoms with Crippen LogP contribution in [0.5, 0.6) is 0 Å². The molecule has 3 rings (SSSR count). The monoisotopic (exact) mass is 346 g/mol. The summed E-state index contributed by atoms with van der Waals surface area (Å²) in [7, 11) is -3.27. The minimum atomic E-state index is -3.27. The van der Waals surface area contributed by atoms with Gasteiger partial charge in [0.15, 0.2) is 0 Å². The Morgan fingerprint density at radius 1 is 1.45 bits per heavy atom. The van der Waals surface area contributed by atoms with Crippen molar-refractivity contribution >= 4 is 27.5 Å². The molecule has 2 heterocycles. The lowest BCUT2D eigenvalue weighted by atomic mass is 9.99. The fourth-order valence-corrected chi connectivity index (χ4v) is 4.05. The number of carbonyl (C=O) groups excluding carboxylic acids is 1. The summed E-state index contributed by atoms with van der Waals surface area (Å²) in [6, 6.07) is -0.187. The van der Waals surface area contributed by atoms with Crippen LogP contribution in [0.3, 0.4) is 0 Å². The Kier molecular flexibility index (Phi) is 4.17. The van der Waals surface area contributed by atoms with E-state index in [0.29, 0.717) is 24.0 Å². The SMILES string of the molecule is CS(=O)(=O)NC1CN(C(=O)Cn2cc(Cl)cn2)CC1C1CC1. The maximum atomic E-state index is 12.4. The molecule has 0 radical (unpaired) electrons. The topological polar surface area (TPSA) is 84.3 Å². The van der Waals surface area contributed by atoms with Crippen LogP contribution < -0.4 is 4.72 Å². The average molecular weight is 347 g/mol. The molecule has 1 N–H and O–H groups in total. The molecule has 1 aliphatic heterocycles. The van der Waals surface area contributed by atoms with Gasteiger partial charge in [-0.15, -0.1) is 0 Å². The summed E-state index contributed by atoms with van der Waals surface area (Å²) in [5.74, 6) is 0.666. The van der Waals surface area contributed by atoms with Crippen LogP contribution in [0.2, 0.25) is 5.02 Å². The minimum absolute atomic E-state index is 0.0665. The van der Waals surface area contributed by atoms with E-state index in [9.17, 15) is 13.2 Å². The number of hydrogen-bond donors (Lipinski definition) is 1. The van der Waals surface area contributed by atoms with Gasteiger partial charge in [0.25, 0.3) is 0 Å². The van der Waals surface area contributed by atoms with Crippen LogP contribution in [-0.4, -0.2) is 54.4 Å². The van der Waals surface area contributed by atoms with Crippen molar-refractivity contribution in [1.29, 1.82) is 0 Å². The summed E-state index contributed by atoms with van der Waals surface area (Å²) in [6.45, 7) is 1.14. The average Bonchev–Trinajstić information content (AvgIpc) is 3.04. The summed E-state index contributed by atoms with van der Waals surface area (Å²) < 4.78 is 27.2. The number of carbonyl (C=O) groups is 1. The normalized spacial score (nSPS) is 25.6. The van der Waals surface area contributed by atoms with Gasteiger partial charge in [-0.1, -0.05) is 11.6 Å². The number of hydrogen-bond acceptors (Lipinski definition) is 4. The number of amides is 1. The fourth-order valence-electron chi connectivity index (χ4n) is 3.10. The van der Waals surface area contributed by atoms with Gasteiger partial charge in [-0.3, -0.25) is 9.48 Å². The van der Waals surface area contributed by atoms with Crippen LogP contribution in [0.1, 0.15) is 12.8 Å². The predicted octanol–water partition coefficient (Wildman–Crippen LogP) is 0.323. The van der Waals surface area contributed by atoms with E-state index in [2.05, 4.69) is 9.82 Å². The lowest BCUT2D eigenvalue weighted by Crippen LogP contribution is -2.41. The highest BCUT2D eigenvalue weighted by molar-refractivity contribution is 7.88. The molecular formula is C13H19ClN4O3S. The Hall–Kier alpha value is -1.12. The lowest BCUT2D eigenvalue weighted by molar-refractivity contribution is -0.131. The smallest absolute Gasteiger partial charge is 0.244 e. The van der Waals surface area contributed by atoms with Gasteiger partial charge in [0.1, 0.15) is 6.54 Å². The fraction of sp³-hybridized carbons (Fsp3) is 0.692. The van der Waals surface area contributed by atoms with Crippen molar-refractivity contribution in [2.24, 2.45) is 11.8 Å². The molecule has 1 amide bonds. The van der Waals surface area contributed by atoms with E-state index in [-0.39, 0.29) is 24.4 Å². The molecule has 7 nitrogen and oxygen atoms in total. The summed E-state index contributed by atoms with van der Waals surface area (Å²) >= 11 is 5.79. The number of likely N-dealkylation sites (tertiary alicyclic amines) is 1. The van der Waals surface area contributed by atoms with Crippen molar-refractivity contribution in [3.63, 3.8) is 0 Å². The van der Waals surface area contributed by atoms with Crippen molar-refractivity contribution in [2.45, 2.75) is 25.4 Å². The van der Waals surface area contributed by atoms with Gasteiger partial charge in [0.05, 0.1) is 17.5 Å². The molecule has 1 saturated carbocycles. The molecule has 22 heavy (non-hydrogen) atoms. The minimum Gasteiger partial charge on any atom is -0.339 e. The first-order valence-electron chi connectivity index (χ1n) is 7.25. The molecule has 1 saturated heterocycles. The Morgan fingerprint density at radius 2 is 2.18 bits per heavy atom. The van der Waals surface area contributed by atoms with E-state index in [1.807, 2.05) is 0 Å². The first-order chi connectivity index (χ1) is 10.3. The standard InChI is InChI=1S/C13H19ClN4O3S/c1-22(20,21)16-12-7-17(6-11(12)9-2-3-9)13(19)8-18-5-10(14)4-15-18/h4-5,9,11-12,16H,2-3,6-8H2,1H3. The molecule has 2 unspecified atom stereocenters. The third-order valence-electron chi connectivity index (χ3n) is 4.21. The van der Waals surface area contributed by atoms with Crippen LogP contribution >= 0.6 is 11.6 Å². The van der Waals surface area contributed by atoms with Crippen molar-refractivity contribution in [3.05, 3.63) is 17.4 Å². The van der Waals surface area contributed by atoms with Gasteiger partial charge < -0.3 is 4.90 Å². The number of sulfonamides is 1. The first-order valence-corrected chi connectivity index (χ1v) is 9.52. The summed E-state index contributed by atoms with van der Waals surface area (Å²) in [5, 5.41) is 4.49. The molecule has 0 aromatic carbocycles. The Balaban J connectivity index is 1.66. The highest BCUT2D eigenvalue weighted by Gasteiger charge is 2.44. The lowest BCUT2D eigenvalue weighted by Gasteiger charge is -2.17. The largest absolute Gasteiger partial charge is 0.339 e. The van der Waals surface area contributed by atoms with E-state index >= 15 is 0 Å². The first kappa shape index (κ1) is 15.8. The van der Waals surface area contributed by atoms with E-state index in [4.69, 9.17) is 11.6 Å². The number of nitrogens with one attached hydrogen (secondary N) is 1. The summed E-state index contributed by atoms with van der Waals surface area (Å²) in [5.41, 5.74) is 0. The molecule has 2 fully saturated rings. The quantitative estimate of drug-likeness (QED) is 0.832. The molecule has 2 aliphatic rings. The molecular weight excluding hydrogens is 328 g/mol. The van der Waals surface area contributed by atoms with E-state index in [1.165, 1.54) is 10.9 Å². The highest BCUT2D eigenvalue weighted by Crippen LogP contribution is 2.41. The van der Waals surface area contributed by atoms with Crippen LogP contribution in [-0.2, 0) is 21.4 Å². The van der Waals surface area contributed by atoms with Crippen LogP contribution in [0, 0.1) is 11.8 Å². The number of nitrogens with zero attached hydrogens (tertiary/aromatic N) is 3. The second-order valence-electron chi connectivity index (χ2n) is 6.15. The van der Waals surface area contributed by atoms with E-state index in [0.717, 1.165) is 19.1 Å². The molecule has 1 aromatic rings. The second-order valence-corrected chi connectivity index (χ2v) is 8.37. The zero-order chi connectivity index (χ0) is 15.9. The molecule has 122 valence electrons. The molecule has 9 heteroatoms. The molecule has 0 spiro atoms. The third-order valence-corrected chi connectivity index (χ3v) is 5.14. The zero-order valence-corrected chi connectivity index (χ0v) is 13.8. The van der Waals surface area contributed by atoms with Gasteiger partial charge in [0.2, 0.25) is 15.9 Å². The van der Waals surface area contributed by atoms with Crippen molar-refractivity contribution in [1.82, 2.24) is 19.4 Å². The van der Waals surface area contributed by atoms with Gasteiger partial charge in [-0.05, 0) is 24.7 Å². The Bertz CT molecular complexity index is 671. The van der Waals surface area contributed by atoms with Crippen LogP contribution in [0.4, 0.5) is 0 Å². The van der Waals surface area contributed by atoms with Gasteiger partial charge in [-0.25, -0.2) is 13.1 Å². The zero-order valence-electron chi connectivity index (χ0n) is 12.3. The maximum Gasteiger partial charge on any atom is 0.244 e. The van der Waals surface area contributed by atoms with Gasteiger partial charge in [-0.2, -0.15) is 5.10 Å².